The fraction of sp³-hybridized carbons (Fsp3) is 0.381. The zero-order valence-corrected chi connectivity index (χ0v) is 16.6. The summed E-state index contributed by atoms with van der Waals surface area (Å²) in [5.41, 5.74) is 2.32. The van der Waals surface area contributed by atoms with Crippen LogP contribution in [-0.4, -0.2) is 17.8 Å². The molecule has 26 heavy (non-hydrogen) atoms. The number of ether oxygens (including phenoxy) is 1. The predicted octanol–water partition coefficient (Wildman–Crippen LogP) is 5.58. The number of hydrogen-bond donors (Lipinski definition) is 2. The summed E-state index contributed by atoms with van der Waals surface area (Å²) in [5, 5.41) is 8.37. The first-order chi connectivity index (χ1) is 12.6. The van der Waals surface area contributed by atoms with Crippen LogP contribution in [0.2, 0.25) is 5.02 Å². The number of nitrogens with one attached hydrogen (secondary N) is 2. The standard InChI is InChI=1S/C21H25ClN2OS/c1-25-19-6-4-5-18(15-19)23-20(26)24-21(12-2-3-13-21)14-11-16-7-9-17(22)10-8-16/h4-10,15H,2-3,11-14H2,1H3,(H2,23,24,26). The quantitative estimate of drug-likeness (QED) is 0.633. The summed E-state index contributed by atoms with van der Waals surface area (Å²) < 4.78 is 5.27. The van der Waals surface area contributed by atoms with Gasteiger partial charge in [-0.2, -0.15) is 0 Å². The maximum atomic E-state index is 5.99. The summed E-state index contributed by atoms with van der Waals surface area (Å²) >= 11 is 11.6. The largest absolute Gasteiger partial charge is 0.497 e. The fourth-order valence-corrected chi connectivity index (χ4v) is 4.09. The normalized spacial score (nSPS) is 15.5. The number of methoxy groups -OCH3 is 1. The second-order valence-electron chi connectivity index (χ2n) is 6.92. The summed E-state index contributed by atoms with van der Waals surface area (Å²) in [7, 11) is 1.67. The summed E-state index contributed by atoms with van der Waals surface area (Å²) in [6.45, 7) is 0. The lowest BCUT2D eigenvalue weighted by Crippen LogP contribution is -2.48. The highest BCUT2D eigenvalue weighted by molar-refractivity contribution is 7.80. The average molecular weight is 389 g/mol. The molecule has 1 aliphatic rings. The minimum atomic E-state index is 0.0720. The van der Waals surface area contributed by atoms with Crippen molar-refractivity contribution in [2.24, 2.45) is 0 Å². The number of halogens is 1. The summed E-state index contributed by atoms with van der Waals surface area (Å²) in [6, 6.07) is 16.0. The molecule has 5 heteroatoms. The summed E-state index contributed by atoms with van der Waals surface area (Å²) in [6.07, 6.45) is 6.88. The highest BCUT2D eigenvalue weighted by Crippen LogP contribution is 2.34. The zero-order chi connectivity index (χ0) is 18.4. The molecule has 0 heterocycles. The van der Waals surface area contributed by atoms with Crippen molar-refractivity contribution in [3.05, 3.63) is 59.1 Å². The van der Waals surface area contributed by atoms with Gasteiger partial charge in [-0.05, 0) is 67.7 Å². The van der Waals surface area contributed by atoms with Crippen molar-refractivity contribution in [2.75, 3.05) is 12.4 Å². The van der Waals surface area contributed by atoms with Gasteiger partial charge in [0.05, 0.1) is 7.11 Å². The van der Waals surface area contributed by atoms with Crippen LogP contribution in [0.4, 0.5) is 5.69 Å². The van der Waals surface area contributed by atoms with E-state index in [-0.39, 0.29) is 5.54 Å². The van der Waals surface area contributed by atoms with Gasteiger partial charge in [0, 0.05) is 22.3 Å². The first-order valence-electron chi connectivity index (χ1n) is 9.06. The van der Waals surface area contributed by atoms with E-state index in [1.54, 1.807) is 7.11 Å². The maximum absolute atomic E-state index is 5.99. The van der Waals surface area contributed by atoms with Crippen molar-refractivity contribution in [1.82, 2.24) is 5.32 Å². The number of aryl methyl sites for hydroxylation is 1. The fourth-order valence-electron chi connectivity index (χ4n) is 3.63. The van der Waals surface area contributed by atoms with E-state index in [0.29, 0.717) is 5.11 Å². The van der Waals surface area contributed by atoms with E-state index in [2.05, 4.69) is 22.8 Å². The van der Waals surface area contributed by atoms with E-state index in [1.807, 2.05) is 36.4 Å². The molecule has 0 aliphatic heterocycles. The molecule has 1 saturated carbocycles. The Morgan fingerprint density at radius 3 is 2.58 bits per heavy atom. The van der Waals surface area contributed by atoms with Crippen LogP contribution in [0.5, 0.6) is 5.75 Å². The molecule has 3 nitrogen and oxygen atoms in total. The van der Waals surface area contributed by atoms with Crippen LogP contribution in [0.25, 0.3) is 0 Å². The van der Waals surface area contributed by atoms with Gasteiger partial charge in [0.25, 0.3) is 0 Å². The van der Waals surface area contributed by atoms with Gasteiger partial charge in [-0.3, -0.25) is 0 Å². The van der Waals surface area contributed by atoms with E-state index >= 15 is 0 Å². The van der Waals surface area contributed by atoms with E-state index in [1.165, 1.54) is 18.4 Å². The number of benzene rings is 2. The second-order valence-corrected chi connectivity index (χ2v) is 7.77. The van der Waals surface area contributed by atoms with Crippen molar-refractivity contribution in [3.63, 3.8) is 0 Å². The molecular formula is C21H25ClN2OS. The minimum Gasteiger partial charge on any atom is -0.497 e. The van der Waals surface area contributed by atoms with Gasteiger partial charge in [-0.25, -0.2) is 0 Å². The lowest BCUT2D eigenvalue weighted by molar-refractivity contribution is 0.362. The van der Waals surface area contributed by atoms with E-state index in [9.17, 15) is 0 Å². The molecule has 1 fully saturated rings. The molecule has 0 amide bonds. The Hall–Kier alpha value is -1.78. The van der Waals surface area contributed by atoms with Crippen molar-refractivity contribution in [3.8, 4) is 5.75 Å². The Morgan fingerprint density at radius 2 is 1.88 bits per heavy atom. The van der Waals surface area contributed by atoms with E-state index < -0.39 is 0 Å². The Morgan fingerprint density at radius 1 is 1.15 bits per heavy atom. The van der Waals surface area contributed by atoms with Gasteiger partial charge in [0.1, 0.15) is 5.75 Å². The van der Waals surface area contributed by atoms with Crippen LogP contribution in [-0.2, 0) is 6.42 Å². The van der Waals surface area contributed by atoms with Crippen molar-refractivity contribution in [2.45, 2.75) is 44.1 Å². The smallest absolute Gasteiger partial charge is 0.171 e. The van der Waals surface area contributed by atoms with Crippen LogP contribution in [0.15, 0.2) is 48.5 Å². The Kier molecular flexibility index (Phi) is 6.38. The van der Waals surface area contributed by atoms with Gasteiger partial charge < -0.3 is 15.4 Å². The van der Waals surface area contributed by atoms with Crippen LogP contribution in [0.3, 0.4) is 0 Å². The van der Waals surface area contributed by atoms with Crippen molar-refractivity contribution in [1.29, 1.82) is 0 Å². The number of hydrogen-bond acceptors (Lipinski definition) is 2. The molecule has 2 aromatic rings. The lowest BCUT2D eigenvalue weighted by Gasteiger charge is -2.32. The van der Waals surface area contributed by atoms with E-state index in [0.717, 1.165) is 42.1 Å². The summed E-state index contributed by atoms with van der Waals surface area (Å²) in [4.78, 5) is 0. The van der Waals surface area contributed by atoms with Crippen LogP contribution >= 0.6 is 23.8 Å². The lowest BCUT2D eigenvalue weighted by atomic mass is 9.89. The molecule has 0 aromatic heterocycles. The molecule has 2 aromatic carbocycles. The highest BCUT2D eigenvalue weighted by Gasteiger charge is 2.34. The van der Waals surface area contributed by atoms with Crippen LogP contribution < -0.4 is 15.4 Å². The Labute approximate surface area is 166 Å². The first-order valence-corrected chi connectivity index (χ1v) is 9.85. The highest BCUT2D eigenvalue weighted by atomic mass is 35.5. The van der Waals surface area contributed by atoms with Gasteiger partial charge in [-0.15, -0.1) is 0 Å². The van der Waals surface area contributed by atoms with Crippen molar-refractivity contribution < 1.29 is 4.74 Å². The summed E-state index contributed by atoms with van der Waals surface area (Å²) in [5.74, 6) is 0.816. The molecule has 1 aliphatic carbocycles. The third-order valence-electron chi connectivity index (χ3n) is 5.07. The molecule has 0 unspecified atom stereocenters. The molecular weight excluding hydrogens is 364 g/mol. The molecule has 0 atom stereocenters. The van der Waals surface area contributed by atoms with Crippen LogP contribution in [0.1, 0.15) is 37.7 Å². The molecule has 2 N–H and O–H groups in total. The molecule has 3 rings (SSSR count). The monoisotopic (exact) mass is 388 g/mol. The topological polar surface area (TPSA) is 33.3 Å². The molecule has 138 valence electrons. The van der Waals surface area contributed by atoms with Gasteiger partial charge >= 0.3 is 0 Å². The predicted molar refractivity (Wildman–Crippen MR) is 113 cm³/mol. The number of rotatable bonds is 6. The Balaban J connectivity index is 1.61. The SMILES string of the molecule is COc1cccc(NC(=S)NC2(CCc3ccc(Cl)cc3)CCCC2)c1. The van der Waals surface area contributed by atoms with Crippen molar-refractivity contribution >= 4 is 34.6 Å². The molecule has 0 radical (unpaired) electrons. The molecule has 0 bridgehead atoms. The van der Waals surface area contributed by atoms with Gasteiger partial charge in [-0.1, -0.05) is 42.6 Å². The second kappa shape index (κ2) is 8.74. The number of anilines is 1. The third-order valence-corrected chi connectivity index (χ3v) is 5.53. The van der Waals surface area contributed by atoms with Gasteiger partial charge in [0.2, 0.25) is 0 Å². The van der Waals surface area contributed by atoms with E-state index in [4.69, 9.17) is 28.6 Å². The Bertz CT molecular complexity index is 742. The maximum Gasteiger partial charge on any atom is 0.171 e. The number of thiocarbonyl (C=S) groups is 1. The van der Waals surface area contributed by atoms with Crippen LogP contribution in [0, 0.1) is 0 Å². The molecule has 0 saturated heterocycles. The zero-order valence-electron chi connectivity index (χ0n) is 15.1. The third kappa shape index (κ3) is 5.12. The average Bonchev–Trinajstić information content (AvgIpc) is 3.10. The molecule has 0 spiro atoms. The first kappa shape index (κ1) is 19.0. The van der Waals surface area contributed by atoms with Gasteiger partial charge in [0.15, 0.2) is 5.11 Å². The minimum absolute atomic E-state index is 0.0720.